The maximum atomic E-state index is 14.1. The third-order valence-corrected chi connectivity index (χ3v) is 9.91. The summed E-state index contributed by atoms with van der Waals surface area (Å²) >= 11 is 0. The number of fused-ring (bicyclic) bond motifs is 4. The molecule has 2 heterocycles. The average Bonchev–Trinajstić information content (AvgIpc) is 3.71. The number of nitrogens with one attached hydrogen (secondary N) is 1. The van der Waals surface area contributed by atoms with Gasteiger partial charge in [-0.15, -0.1) is 0 Å². The molecule has 0 radical (unpaired) electrons. The fraction of sp³-hybridized carbons (Fsp3) is 0.452. The van der Waals surface area contributed by atoms with Crippen LogP contribution in [0.15, 0.2) is 53.4 Å². The summed E-state index contributed by atoms with van der Waals surface area (Å²) in [5.74, 6) is 0.169. The van der Waals surface area contributed by atoms with Crippen LogP contribution in [-0.2, 0) is 16.6 Å². The predicted octanol–water partition coefficient (Wildman–Crippen LogP) is 4.94. The molecular formula is C31H36N4O5S. The lowest BCUT2D eigenvalue weighted by Crippen LogP contribution is -2.55. The Morgan fingerprint density at radius 3 is 2.59 bits per heavy atom. The highest BCUT2D eigenvalue weighted by atomic mass is 32.2. The van der Waals surface area contributed by atoms with Crippen molar-refractivity contribution in [3.63, 3.8) is 0 Å². The van der Waals surface area contributed by atoms with Crippen molar-refractivity contribution in [3.05, 3.63) is 65.2 Å². The quantitative estimate of drug-likeness (QED) is 0.441. The number of aliphatic hydroxyl groups excluding tert-OH is 1. The van der Waals surface area contributed by atoms with Crippen LogP contribution in [0.1, 0.15) is 67.4 Å². The number of anilines is 1. The van der Waals surface area contributed by atoms with E-state index >= 15 is 0 Å². The minimum absolute atomic E-state index is 0.0429. The van der Waals surface area contributed by atoms with Gasteiger partial charge in [-0.25, -0.2) is 18.1 Å². The van der Waals surface area contributed by atoms with Crippen molar-refractivity contribution >= 4 is 21.9 Å². The number of aryl methyl sites for hydroxylation is 1. The van der Waals surface area contributed by atoms with E-state index in [9.17, 15) is 18.3 Å². The summed E-state index contributed by atoms with van der Waals surface area (Å²) in [6, 6.07) is 13.2. The van der Waals surface area contributed by atoms with Gasteiger partial charge >= 0.3 is 0 Å². The Hall–Kier alpha value is -3.50. The number of aliphatic hydroxyl groups is 1. The van der Waals surface area contributed by atoms with Gasteiger partial charge in [0.2, 0.25) is 11.8 Å². The number of sulfonamides is 1. The van der Waals surface area contributed by atoms with Crippen LogP contribution in [0.25, 0.3) is 11.3 Å². The van der Waals surface area contributed by atoms with Crippen molar-refractivity contribution < 1.29 is 23.1 Å². The number of aromatic nitrogens is 2. The van der Waals surface area contributed by atoms with Crippen molar-refractivity contribution in [3.8, 4) is 17.1 Å². The molecule has 10 heteroatoms. The fourth-order valence-electron chi connectivity index (χ4n) is 6.36. The highest BCUT2D eigenvalue weighted by Gasteiger charge is 2.56. The van der Waals surface area contributed by atoms with Crippen LogP contribution in [0.4, 0.5) is 5.95 Å². The SMILES string of the molecule is Cc1cccc(CO)c1-c1cc2nc(n1)NS(=O)(=O)c1cccc(c1)C(=O)N(C1CC3(CC3)C1)[C@H](CC(C)C)CO2. The van der Waals surface area contributed by atoms with E-state index in [1.165, 1.54) is 25.0 Å². The molecule has 6 rings (SSSR count). The molecule has 4 bridgehead atoms. The second-order valence-corrected chi connectivity index (χ2v) is 13.9. The molecule has 1 aromatic heterocycles. The Morgan fingerprint density at radius 1 is 1.12 bits per heavy atom. The van der Waals surface area contributed by atoms with E-state index < -0.39 is 10.0 Å². The van der Waals surface area contributed by atoms with E-state index in [0.29, 0.717) is 33.7 Å². The second kappa shape index (κ2) is 10.4. The van der Waals surface area contributed by atoms with Gasteiger partial charge in [0, 0.05) is 23.2 Å². The van der Waals surface area contributed by atoms with E-state index in [2.05, 4.69) is 28.5 Å². The summed E-state index contributed by atoms with van der Waals surface area (Å²) in [5.41, 5.74) is 3.35. The highest BCUT2D eigenvalue weighted by molar-refractivity contribution is 7.92. The first kappa shape index (κ1) is 27.7. The minimum atomic E-state index is -4.13. The molecule has 216 valence electrons. The number of ether oxygens (including phenoxy) is 1. The van der Waals surface area contributed by atoms with Crippen LogP contribution in [0, 0.1) is 18.3 Å². The van der Waals surface area contributed by atoms with Gasteiger partial charge in [0.25, 0.3) is 15.9 Å². The van der Waals surface area contributed by atoms with Gasteiger partial charge in [-0.1, -0.05) is 38.1 Å². The van der Waals surface area contributed by atoms with Gasteiger partial charge < -0.3 is 14.7 Å². The summed E-state index contributed by atoms with van der Waals surface area (Å²) in [6.07, 6.45) is 5.07. The smallest absolute Gasteiger partial charge is 0.264 e. The summed E-state index contributed by atoms with van der Waals surface area (Å²) in [5, 5.41) is 10.0. The second-order valence-electron chi connectivity index (χ2n) is 12.2. The highest BCUT2D eigenvalue weighted by Crippen LogP contribution is 2.62. The molecule has 41 heavy (non-hydrogen) atoms. The molecule has 9 nitrogen and oxygen atoms in total. The molecule has 2 aliphatic carbocycles. The monoisotopic (exact) mass is 576 g/mol. The molecule has 1 spiro atoms. The molecule has 2 fully saturated rings. The van der Waals surface area contributed by atoms with Gasteiger partial charge in [-0.05, 0) is 79.7 Å². The fourth-order valence-corrected chi connectivity index (χ4v) is 7.35. The molecule has 2 aromatic carbocycles. The van der Waals surface area contributed by atoms with Crippen LogP contribution in [-0.4, -0.2) is 53.0 Å². The van der Waals surface area contributed by atoms with Crippen molar-refractivity contribution in [1.29, 1.82) is 0 Å². The van der Waals surface area contributed by atoms with Crippen LogP contribution >= 0.6 is 0 Å². The Bertz CT molecular complexity index is 1590. The predicted molar refractivity (Wildman–Crippen MR) is 155 cm³/mol. The number of nitrogens with zero attached hydrogens (tertiary/aromatic N) is 3. The van der Waals surface area contributed by atoms with Gasteiger partial charge in [-0.2, -0.15) is 4.98 Å². The molecule has 2 saturated carbocycles. The van der Waals surface area contributed by atoms with Crippen LogP contribution < -0.4 is 9.46 Å². The largest absolute Gasteiger partial charge is 0.475 e. The average molecular weight is 577 g/mol. The Morgan fingerprint density at radius 2 is 1.88 bits per heavy atom. The number of hydrogen-bond acceptors (Lipinski definition) is 7. The Balaban J connectivity index is 1.48. The maximum absolute atomic E-state index is 14.1. The first-order valence-corrected chi connectivity index (χ1v) is 15.7. The number of carbonyl (C=O) groups is 1. The molecular weight excluding hydrogens is 540 g/mol. The zero-order chi connectivity index (χ0) is 28.9. The number of benzene rings is 2. The van der Waals surface area contributed by atoms with Gasteiger partial charge in [-0.3, -0.25) is 4.79 Å². The van der Waals surface area contributed by atoms with E-state index in [-0.39, 0.29) is 47.9 Å². The number of amides is 1. The van der Waals surface area contributed by atoms with Gasteiger partial charge in [0.15, 0.2) is 0 Å². The van der Waals surface area contributed by atoms with Gasteiger partial charge in [0.1, 0.15) is 6.61 Å². The van der Waals surface area contributed by atoms with E-state index in [4.69, 9.17) is 4.74 Å². The molecule has 3 aliphatic rings. The first-order valence-electron chi connectivity index (χ1n) is 14.2. The van der Waals surface area contributed by atoms with Crippen molar-refractivity contribution in [2.45, 2.75) is 76.5 Å². The van der Waals surface area contributed by atoms with Crippen LogP contribution in [0.3, 0.4) is 0 Å². The molecule has 1 atom stereocenters. The molecule has 1 amide bonds. The standard InChI is InChI=1S/C31H36N4O5S/c1-19(2)12-23-18-40-27-14-26(28-20(3)6-4-8-22(28)17-36)32-30(33-27)34-41(38,39)25-9-5-7-21(13-25)29(37)35(23)24-15-31(16-24)10-11-31/h4-9,13-14,19,23-24,36H,10-12,15-18H2,1-3H3,(H,32,33,34)/t23-/m1/s1. The molecule has 2 N–H and O–H groups in total. The lowest BCUT2D eigenvalue weighted by molar-refractivity contribution is 0.00919. The van der Waals surface area contributed by atoms with E-state index in [1.54, 1.807) is 24.3 Å². The van der Waals surface area contributed by atoms with Crippen molar-refractivity contribution in [2.24, 2.45) is 11.3 Å². The van der Waals surface area contributed by atoms with E-state index in [1.807, 2.05) is 24.0 Å². The molecule has 0 unspecified atom stereocenters. The normalized spacial score (nSPS) is 21.2. The zero-order valence-electron chi connectivity index (χ0n) is 23.6. The number of hydrogen-bond donors (Lipinski definition) is 2. The third-order valence-electron chi connectivity index (χ3n) is 8.59. The van der Waals surface area contributed by atoms with E-state index in [0.717, 1.165) is 24.8 Å². The summed E-state index contributed by atoms with van der Waals surface area (Å²) in [6.45, 7) is 6.15. The minimum Gasteiger partial charge on any atom is -0.475 e. The molecule has 0 saturated heterocycles. The molecule has 3 aromatic rings. The maximum Gasteiger partial charge on any atom is 0.264 e. The lowest BCUT2D eigenvalue weighted by Gasteiger charge is -2.47. The number of carbonyl (C=O) groups excluding carboxylic acids is 1. The summed E-state index contributed by atoms with van der Waals surface area (Å²) in [7, 11) is -4.13. The summed E-state index contributed by atoms with van der Waals surface area (Å²) < 4.78 is 35.8. The zero-order valence-corrected chi connectivity index (χ0v) is 24.4. The Labute approximate surface area is 241 Å². The topological polar surface area (TPSA) is 122 Å². The van der Waals surface area contributed by atoms with Crippen molar-refractivity contribution in [1.82, 2.24) is 14.9 Å². The third kappa shape index (κ3) is 5.42. The van der Waals surface area contributed by atoms with Crippen molar-refractivity contribution in [2.75, 3.05) is 11.3 Å². The van der Waals surface area contributed by atoms with Crippen LogP contribution in [0.2, 0.25) is 0 Å². The Kier molecular flexibility index (Phi) is 7.02. The number of rotatable bonds is 5. The van der Waals surface area contributed by atoms with Crippen LogP contribution in [0.5, 0.6) is 5.88 Å². The summed E-state index contributed by atoms with van der Waals surface area (Å²) in [4.78, 5) is 25.0. The first-order chi connectivity index (χ1) is 19.6. The molecule has 1 aliphatic heterocycles. The lowest BCUT2D eigenvalue weighted by atomic mass is 9.75. The van der Waals surface area contributed by atoms with Gasteiger partial charge in [0.05, 0.1) is 23.2 Å².